The molecule has 2 heterocycles. The first-order chi connectivity index (χ1) is 12.1. The Morgan fingerprint density at radius 3 is 2.76 bits per heavy atom. The number of aryl methyl sites for hydroxylation is 2. The average molecular weight is 340 g/mol. The Morgan fingerprint density at radius 2 is 2.04 bits per heavy atom. The van der Waals surface area contributed by atoms with Crippen LogP contribution in [0.1, 0.15) is 24.0 Å². The van der Waals surface area contributed by atoms with E-state index in [0.717, 1.165) is 12.0 Å². The Hall–Kier alpha value is -2.63. The SMILES string of the molecule is Cn1cc(CCC(=O)NC2CC(=O)N(CCc3ccccc3)C2)cn1. The molecule has 1 aliphatic rings. The maximum absolute atomic E-state index is 12.1. The van der Waals surface area contributed by atoms with E-state index in [2.05, 4.69) is 22.5 Å². The highest BCUT2D eigenvalue weighted by Gasteiger charge is 2.30. The van der Waals surface area contributed by atoms with Gasteiger partial charge in [0.15, 0.2) is 0 Å². The van der Waals surface area contributed by atoms with Crippen molar-refractivity contribution in [3.05, 3.63) is 53.9 Å². The van der Waals surface area contributed by atoms with Gasteiger partial charge in [0.05, 0.1) is 12.2 Å². The van der Waals surface area contributed by atoms with Crippen molar-refractivity contribution in [2.75, 3.05) is 13.1 Å². The minimum absolute atomic E-state index is 0.00781. The maximum Gasteiger partial charge on any atom is 0.224 e. The fourth-order valence-corrected chi connectivity index (χ4v) is 3.15. The second kappa shape index (κ2) is 7.96. The summed E-state index contributed by atoms with van der Waals surface area (Å²) < 4.78 is 1.73. The lowest BCUT2D eigenvalue weighted by molar-refractivity contribution is -0.127. The van der Waals surface area contributed by atoms with E-state index in [9.17, 15) is 9.59 Å². The summed E-state index contributed by atoms with van der Waals surface area (Å²) >= 11 is 0. The van der Waals surface area contributed by atoms with Crippen molar-refractivity contribution >= 4 is 11.8 Å². The zero-order chi connectivity index (χ0) is 17.6. The van der Waals surface area contributed by atoms with E-state index in [1.165, 1.54) is 5.56 Å². The Labute approximate surface area is 147 Å². The van der Waals surface area contributed by atoms with Crippen LogP contribution in [0.15, 0.2) is 42.7 Å². The van der Waals surface area contributed by atoms with E-state index in [1.54, 1.807) is 10.9 Å². The third-order valence-corrected chi connectivity index (χ3v) is 4.49. The number of nitrogens with zero attached hydrogens (tertiary/aromatic N) is 3. The lowest BCUT2D eigenvalue weighted by Crippen LogP contribution is -2.37. The van der Waals surface area contributed by atoms with E-state index in [0.29, 0.717) is 32.4 Å². The van der Waals surface area contributed by atoms with Crippen LogP contribution in [-0.4, -0.2) is 45.6 Å². The smallest absolute Gasteiger partial charge is 0.224 e. The molecule has 1 unspecified atom stereocenters. The Bertz CT molecular complexity index is 726. The van der Waals surface area contributed by atoms with Gasteiger partial charge in [0, 0.05) is 39.2 Å². The van der Waals surface area contributed by atoms with Crippen LogP contribution in [0.25, 0.3) is 0 Å². The third kappa shape index (κ3) is 4.92. The number of carbonyl (C=O) groups excluding carboxylic acids is 2. The summed E-state index contributed by atoms with van der Waals surface area (Å²) in [5.74, 6) is 0.111. The highest BCUT2D eigenvalue weighted by molar-refractivity contribution is 5.82. The topological polar surface area (TPSA) is 67.2 Å². The van der Waals surface area contributed by atoms with Crippen LogP contribution in [0, 0.1) is 0 Å². The van der Waals surface area contributed by atoms with Crippen LogP contribution in [-0.2, 0) is 29.5 Å². The number of nitrogens with one attached hydrogen (secondary N) is 1. The van der Waals surface area contributed by atoms with Crippen molar-refractivity contribution in [1.29, 1.82) is 0 Å². The molecule has 6 heteroatoms. The zero-order valence-corrected chi connectivity index (χ0v) is 14.5. The molecule has 1 aromatic carbocycles. The second-order valence-corrected chi connectivity index (χ2v) is 6.57. The van der Waals surface area contributed by atoms with Crippen molar-refractivity contribution in [3.8, 4) is 0 Å². The molecule has 0 bridgehead atoms. The van der Waals surface area contributed by atoms with Gasteiger partial charge in [-0.2, -0.15) is 5.10 Å². The van der Waals surface area contributed by atoms with E-state index < -0.39 is 0 Å². The molecule has 1 atom stereocenters. The van der Waals surface area contributed by atoms with Gasteiger partial charge >= 0.3 is 0 Å². The van der Waals surface area contributed by atoms with Gasteiger partial charge in [-0.1, -0.05) is 30.3 Å². The molecule has 0 aliphatic carbocycles. The molecule has 3 rings (SSSR count). The molecule has 132 valence electrons. The molecule has 1 fully saturated rings. The van der Waals surface area contributed by atoms with Gasteiger partial charge in [-0.05, 0) is 24.0 Å². The Kier molecular flexibility index (Phi) is 5.48. The number of rotatable bonds is 7. The van der Waals surface area contributed by atoms with E-state index in [-0.39, 0.29) is 17.9 Å². The summed E-state index contributed by atoms with van der Waals surface area (Å²) in [4.78, 5) is 26.1. The fraction of sp³-hybridized carbons (Fsp3) is 0.421. The van der Waals surface area contributed by atoms with Gasteiger partial charge in [-0.15, -0.1) is 0 Å². The molecule has 25 heavy (non-hydrogen) atoms. The average Bonchev–Trinajstić information content (AvgIpc) is 3.17. The molecule has 1 aliphatic heterocycles. The number of hydrogen-bond donors (Lipinski definition) is 1. The minimum atomic E-state index is -0.0790. The lowest BCUT2D eigenvalue weighted by Gasteiger charge is -2.17. The van der Waals surface area contributed by atoms with Crippen molar-refractivity contribution in [2.45, 2.75) is 31.7 Å². The minimum Gasteiger partial charge on any atom is -0.351 e. The summed E-state index contributed by atoms with van der Waals surface area (Å²) in [7, 11) is 1.86. The fourth-order valence-electron chi connectivity index (χ4n) is 3.15. The summed E-state index contributed by atoms with van der Waals surface area (Å²) in [6.07, 6.45) is 6.01. The zero-order valence-electron chi connectivity index (χ0n) is 14.5. The van der Waals surface area contributed by atoms with Crippen molar-refractivity contribution < 1.29 is 9.59 Å². The van der Waals surface area contributed by atoms with E-state index >= 15 is 0 Å². The van der Waals surface area contributed by atoms with Gasteiger partial charge in [0.2, 0.25) is 11.8 Å². The van der Waals surface area contributed by atoms with Gasteiger partial charge in [-0.25, -0.2) is 0 Å². The number of carbonyl (C=O) groups is 2. The normalized spacial score (nSPS) is 17.1. The second-order valence-electron chi connectivity index (χ2n) is 6.57. The first-order valence-electron chi connectivity index (χ1n) is 8.69. The number of likely N-dealkylation sites (tertiary alicyclic amines) is 1. The van der Waals surface area contributed by atoms with E-state index in [4.69, 9.17) is 0 Å². The molecule has 0 spiro atoms. The van der Waals surface area contributed by atoms with Gasteiger partial charge in [0.25, 0.3) is 0 Å². The van der Waals surface area contributed by atoms with Gasteiger partial charge in [0.1, 0.15) is 0 Å². The van der Waals surface area contributed by atoms with Crippen LogP contribution in [0.3, 0.4) is 0 Å². The van der Waals surface area contributed by atoms with Crippen molar-refractivity contribution in [2.24, 2.45) is 7.05 Å². The van der Waals surface area contributed by atoms with Gasteiger partial charge < -0.3 is 10.2 Å². The molecule has 1 aromatic heterocycles. The molecule has 1 saturated heterocycles. The highest BCUT2D eigenvalue weighted by atomic mass is 16.2. The maximum atomic E-state index is 12.1. The van der Waals surface area contributed by atoms with Crippen molar-refractivity contribution in [1.82, 2.24) is 20.0 Å². The molecule has 1 N–H and O–H groups in total. The highest BCUT2D eigenvalue weighted by Crippen LogP contribution is 2.13. The first kappa shape index (κ1) is 17.2. The number of aromatic nitrogens is 2. The molecule has 0 saturated carbocycles. The third-order valence-electron chi connectivity index (χ3n) is 4.49. The molecule has 0 radical (unpaired) electrons. The lowest BCUT2D eigenvalue weighted by atomic mass is 10.1. The monoisotopic (exact) mass is 340 g/mol. The Balaban J connectivity index is 1.41. The van der Waals surface area contributed by atoms with E-state index in [1.807, 2.05) is 36.3 Å². The summed E-state index contributed by atoms with van der Waals surface area (Å²) in [5.41, 5.74) is 2.27. The van der Waals surface area contributed by atoms with Crippen LogP contribution < -0.4 is 5.32 Å². The molecular weight excluding hydrogens is 316 g/mol. The predicted molar refractivity (Wildman–Crippen MR) is 94.8 cm³/mol. The standard InChI is InChI=1S/C19H24N4O2/c1-22-13-16(12-20-22)7-8-18(24)21-17-11-19(25)23(14-17)10-9-15-5-3-2-4-6-15/h2-6,12-13,17H,7-11,14H2,1H3,(H,21,24). The molecule has 2 aromatic rings. The van der Waals surface area contributed by atoms with Gasteiger partial charge in [-0.3, -0.25) is 14.3 Å². The van der Waals surface area contributed by atoms with Crippen molar-refractivity contribution in [3.63, 3.8) is 0 Å². The molecule has 2 amide bonds. The van der Waals surface area contributed by atoms with Crippen LogP contribution >= 0.6 is 0 Å². The largest absolute Gasteiger partial charge is 0.351 e. The molecule has 6 nitrogen and oxygen atoms in total. The van der Waals surface area contributed by atoms with Crippen LogP contribution in [0.4, 0.5) is 0 Å². The first-order valence-corrected chi connectivity index (χ1v) is 8.69. The summed E-state index contributed by atoms with van der Waals surface area (Å²) in [6.45, 7) is 1.30. The number of hydrogen-bond acceptors (Lipinski definition) is 3. The quantitative estimate of drug-likeness (QED) is 0.826. The van der Waals surface area contributed by atoms with Crippen LogP contribution in [0.2, 0.25) is 0 Å². The van der Waals surface area contributed by atoms with Crippen LogP contribution in [0.5, 0.6) is 0 Å². The Morgan fingerprint density at radius 1 is 1.24 bits per heavy atom. The number of benzene rings is 1. The number of amides is 2. The summed E-state index contributed by atoms with van der Waals surface area (Å²) in [6, 6.07) is 10.1. The predicted octanol–water partition coefficient (Wildman–Crippen LogP) is 1.31. The summed E-state index contributed by atoms with van der Waals surface area (Å²) in [5, 5.41) is 7.08. The molecular formula is C19H24N4O2.